The van der Waals surface area contributed by atoms with Crippen LogP contribution in [0.2, 0.25) is 5.02 Å². The Kier molecular flexibility index (Phi) is 3.46. The van der Waals surface area contributed by atoms with E-state index in [9.17, 15) is 0 Å². The molecule has 1 unspecified atom stereocenters. The van der Waals surface area contributed by atoms with E-state index in [-0.39, 0.29) is 17.8 Å². The first-order valence-corrected chi connectivity index (χ1v) is 4.98. The van der Waals surface area contributed by atoms with Crippen molar-refractivity contribution in [2.75, 3.05) is 6.54 Å². The van der Waals surface area contributed by atoms with Crippen molar-refractivity contribution in [2.24, 2.45) is 11.1 Å². The number of benzene rings is 1. The average Bonchev–Trinajstić information content (AvgIpc) is 2.42. The minimum Gasteiger partial charge on any atom is -0.330 e. The van der Waals surface area contributed by atoms with Gasteiger partial charge in [0.2, 0.25) is 0 Å². The van der Waals surface area contributed by atoms with Crippen molar-refractivity contribution in [2.45, 2.75) is 19.8 Å². The second-order valence-electron chi connectivity index (χ2n) is 4.28. The van der Waals surface area contributed by atoms with Crippen LogP contribution in [0.25, 0.3) is 0 Å². The van der Waals surface area contributed by atoms with Gasteiger partial charge in [0.15, 0.2) is 0 Å². The molecule has 0 amide bonds. The van der Waals surface area contributed by atoms with Crippen molar-refractivity contribution in [1.82, 2.24) is 0 Å². The number of fused-ring (bicyclic) bond motifs is 1. The molecule has 0 heterocycles. The zero-order chi connectivity index (χ0) is 9.47. The Morgan fingerprint density at radius 3 is 2.64 bits per heavy atom. The summed E-state index contributed by atoms with van der Waals surface area (Å²) >= 11 is 5.93. The quantitative estimate of drug-likeness (QED) is 0.791. The van der Waals surface area contributed by atoms with Crippen LogP contribution < -0.4 is 5.73 Å². The van der Waals surface area contributed by atoms with E-state index < -0.39 is 0 Å². The van der Waals surface area contributed by atoms with Crippen LogP contribution in [0.4, 0.5) is 0 Å². The molecule has 1 aromatic carbocycles. The van der Waals surface area contributed by atoms with Gasteiger partial charge in [0.05, 0.1) is 0 Å². The van der Waals surface area contributed by atoms with Crippen LogP contribution in [-0.2, 0) is 12.8 Å². The highest BCUT2D eigenvalue weighted by Gasteiger charge is 2.31. The van der Waals surface area contributed by atoms with E-state index in [4.69, 9.17) is 17.3 Å². The maximum atomic E-state index is 5.93. The van der Waals surface area contributed by atoms with Crippen LogP contribution >= 0.6 is 24.0 Å². The average molecular weight is 232 g/mol. The van der Waals surface area contributed by atoms with Crippen molar-refractivity contribution in [3.63, 3.8) is 0 Å². The summed E-state index contributed by atoms with van der Waals surface area (Å²) in [6.07, 6.45) is 2.16. The highest BCUT2D eigenvalue weighted by molar-refractivity contribution is 6.30. The minimum absolute atomic E-state index is 0. The van der Waals surface area contributed by atoms with Gasteiger partial charge >= 0.3 is 0 Å². The Balaban J connectivity index is 0.000000980. The number of rotatable bonds is 1. The maximum Gasteiger partial charge on any atom is 0.0408 e. The molecule has 0 saturated heterocycles. The van der Waals surface area contributed by atoms with Crippen molar-refractivity contribution < 1.29 is 0 Å². The van der Waals surface area contributed by atoms with Crippen LogP contribution in [0, 0.1) is 5.41 Å². The van der Waals surface area contributed by atoms with E-state index in [1.165, 1.54) is 11.1 Å². The van der Waals surface area contributed by atoms with Gasteiger partial charge < -0.3 is 5.73 Å². The number of nitrogens with two attached hydrogens (primary N) is 1. The molecule has 0 fully saturated rings. The molecule has 2 rings (SSSR count). The monoisotopic (exact) mass is 231 g/mol. The van der Waals surface area contributed by atoms with Crippen molar-refractivity contribution in [1.29, 1.82) is 0 Å². The summed E-state index contributed by atoms with van der Waals surface area (Å²) in [5.74, 6) is 0. The lowest BCUT2D eigenvalue weighted by Gasteiger charge is -2.20. The fraction of sp³-hybridized carbons (Fsp3) is 0.455. The van der Waals surface area contributed by atoms with Gasteiger partial charge in [-0.25, -0.2) is 0 Å². The first kappa shape index (κ1) is 11.8. The van der Waals surface area contributed by atoms with Crippen molar-refractivity contribution >= 4 is 24.0 Å². The summed E-state index contributed by atoms with van der Waals surface area (Å²) in [6.45, 7) is 2.99. The minimum atomic E-state index is 0. The molecule has 1 atom stereocenters. The number of hydrogen-bond donors (Lipinski definition) is 1. The van der Waals surface area contributed by atoms with Crippen molar-refractivity contribution in [3.8, 4) is 0 Å². The van der Waals surface area contributed by atoms with E-state index >= 15 is 0 Å². The van der Waals surface area contributed by atoms with E-state index in [0.717, 1.165) is 24.4 Å². The largest absolute Gasteiger partial charge is 0.330 e. The molecule has 1 aliphatic carbocycles. The Morgan fingerprint density at radius 1 is 1.36 bits per heavy atom. The molecule has 0 aliphatic heterocycles. The predicted molar refractivity (Wildman–Crippen MR) is 63.3 cm³/mol. The lowest BCUT2D eigenvalue weighted by Crippen LogP contribution is -2.27. The highest BCUT2D eigenvalue weighted by Crippen LogP contribution is 2.36. The van der Waals surface area contributed by atoms with Crippen LogP contribution in [0.3, 0.4) is 0 Å². The number of hydrogen-bond acceptors (Lipinski definition) is 1. The van der Waals surface area contributed by atoms with E-state index in [2.05, 4.69) is 19.1 Å². The molecule has 1 aliphatic rings. The van der Waals surface area contributed by atoms with Gasteiger partial charge in [-0.2, -0.15) is 0 Å². The van der Waals surface area contributed by atoms with E-state index in [0.29, 0.717) is 0 Å². The van der Waals surface area contributed by atoms with Crippen LogP contribution in [0.1, 0.15) is 18.1 Å². The summed E-state index contributed by atoms with van der Waals surface area (Å²) in [7, 11) is 0. The second kappa shape index (κ2) is 4.09. The van der Waals surface area contributed by atoms with E-state index in [1.54, 1.807) is 0 Å². The lowest BCUT2D eigenvalue weighted by molar-refractivity contribution is 0.359. The summed E-state index contributed by atoms with van der Waals surface area (Å²) in [6, 6.07) is 6.15. The molecule has 3 heteroatoms. The van der Waals surface area contributed by atoms with Gasteiger partial charge in [-0.05, 0) is 48.1 Å². The SMILES string of the molecule is CC1(CN)Cc2ccc(Cl)cc2C1.Cl. The fourth-order valence-corrected chi connectivity index (χ4v) is 2.25. The molecular weight excluding hydrogens is 217 g/mol. The van der Waals surface area contributed by atoms with Crippen LogP contribution in [0.15, 0.2) is 18.2 Å². The zero-order valence-electron chi connectivity index (χ0n) is 8.22. The lowest BCUT2D eigenvalue weighted by atomic mass is 9.88. The molecule has 14 heavy (non-hydrogen) atoms. The van der Waals surface area contributed by atoms with E-state index in [1.807, 2.05) is 6.07 Å². The highest BCUT2D eigenvalue weighted by atomic mass is 35.5. The molecular formula is C11H15Cl2N. The topological polar surface area (TPSA) is 26.0 Å². The third-order valence-electron chi connectivity index (χ3n) is 2.90. The summed E-state index contributed by atoms with van der Waals surface area (Å²) in [4.78, 5) is 0. The molecule has 0 spiro atoms. The molecule has 1 aromatic rings. The Morgan fingerprint density at radius 2 is 2.00 bits per heavy atom. The third kappa shape index (κ3) is 2.05. The summed E-state index contributed by atoms with van der Waals surface area (Å²) < 4.78 is 0. The first-order valence-electron chi connectivity index (χ1n) is 4.60. The normalized spacial score (nSPS) is 24.2. The number of halogens is 2. The van der Waals surface area contributed by atoms with Gasteiger partial charge in [-0.3, -0.25) is 0 Å². The first-order chi connectivity index (χ1) is 6.13. The van der Waals surface area contributed by atoms with Crippen LogP contribution in [-0.4, -0.2) is 6.54 Å². The Labute approximate surface area is 96.0 Å². The summed E-state index contributed by atoms with van der Waals surface area (Å²) in [5.41, 5.74) is 8.80. The molecule has 0 radical (unpaired) electrons. The van der Waals surface area contributed by atoms with Gasteiger partial charge in [-0.15, -0.1) is 12.4 Å². The molecule has 0 aromatic heterocycles. The zero-order valence-corrected chi connectivity index (χ0v) is 9.79. The Bertz CT molecular complexity index is 338. The van der Waals surface area contributed by atoms with Crippen LogP contribution in [0.5, 0.6) is 0 Å². The van der Waals surface area contributed by atoms with Gasteiger partial charge in [0.25, 0.3) is 0 Å². The predicted octanol–water partition coefficient (Wildman–Crippen LogP) is 2.83. The smallest absolute Gasteiger partial charge is 0.0408 e. The molecule has 2 N–H and O–H groups in total. The third-order valence-corrected chi connectivity index (χ3v) is 3.13. The molecule has 1 nitrogen and oxygen atoms in total. The standard InChI is InChI=1S/C11H14ClN.ClH/c1-11(7-13)5-8-2-3-10(12)4-9(8)6-11;/h2-4H,5-7,13H2,1H3;1H. The van der Waals surface area contributed by atoms with Gasteiger partial charge in [0.1, 0.15) is 0 Å². The molecule has 78 valence electrons. The maximum absolute atomic E-state index is 5.93. The summed E-state index contributed by atoms with van der Waals surface area (Å²) in [5, 5.41) is 0.833. The molecule has 0 bridgehead atoms. The molecule has 0 saturated carbocycles. The van der Waals surface area contributed by atoms with Gasteiger partial charge in [-0.1, -0.05) is 24.6 Å². The fourth-order valence-electron chi connectivity index (χ4n) is 2.06. The Hall–Kier alpha value is -0.240. The van der Waals surface area contributed by atoms with Crippen molar-refractivity contribution in [3.05, 3.63) is 34.3 Å². The van der Waals surface area contributed by atoms with Gasteiger partial charge in [0, 0.05) is 5.02 Å². The second-order valence-corrected chi connectivity index (χ2v) is 4.72.